The van der Waals surface area contributed by atoms with E-state index in [2.05, 4.69) is 5.32 Å². The molecule has 0 atom stereocenters. The van der Waals surface area contributed by atoms with Crippen LogP contribution in [0.1, 0.15) is 45.8 Å². The van der Waals surface area contributed by atoms with Crippen LogP contribution < -0.4 is 11.1 Å². The molecule has 0 spiro atoms. The Morgan fingerprint density at radius 2 is 2.06 bits per heavy atom. The van der Waals surface area contributed by atoms with Gasteiger partial charge in [0, 0.05) is 27.4 Å². The van der Waals surface area contributed by atoms with Crippen LogP contribution in [0, 0.1) is 6.92 Å². The molecule has 3 aromatic heterocycles. The summed E-state index contributed by atoms with van der Waals surface area (Å²) in [6.45, 7) is 1.92. The third kappa shape index (κ3) is 3.60. The van der Waals surface area contributed by atoms with E-state index >= 15 is 0 Å². The van der Waals surface area contributed by atoms with Crippen molar-refractivity contribution >= 4 is 50.4 Å². The highest BCUT2D eigenvalue weighted by Gasteiger charge is 2.26. The molecule has 7 heteroatoms. The number of nitrogen functional groups attached to an aromatic ring is 1. The fraction of sp³-hybridized carbons (Fsp3) is 0.250. The van der Waals surface area contributed by atoms with Crippen molar-refractivity contribution in [3.05, 3.63) is 63.3 Å². The predicted octanol–water partition coefficient (Wildman–Crippen LogP) is 6.62. The van der Waals surface area contributed by atoms with Gasteiger partial charge in [-0.3, -0.25) is 4.79 Å². The molecule has 0 unspecified atom stereocenters. The lowest BCUT2D eigenvalue weighted by molar-refractivity contribution is 0.103. The average molecular weight is 452 g/mol. The zero-order valence-corrected chi connectivity index (χ0v) is 18.7. The SMILES string of the molecule is Cc1ccc(NC(=O)c2sc3nc4c(c(-c5ccco5)c3c2N)CCCCC4)cc1Cl. The van der Waals surface area contributed by atoms with Crippen LogP contribution in [0.5, 0.6) is 0 Å². The Morgan fingerprint density at radius 3 is 2.84 bits per heavy atom. The third-order valence-corrected chi connectivity index (χ3v) is 7.31. The molecule has 0 fully saturated rings. The highest BCUT2D eigenvalue weighted by molar-refractivity contribution is 7.21. The smallest absolute Gasteiger partial charge is 0.267 e. The number of hydrogen-bond donors (Lipinski definition) is 2. The van der Waals surface area contributed by atoms with Gasteiger partial charge in [-0.15, -0.1) is 11.3 Å². The van der Waals surface area contributed by atoms with Gasteiger partial charge in [-0.1, -0.05) is 24.1 Å². The molecule has 31 heavy (non-hydrogen) atoms. The van der Waals surface area contributed by atoms with Crippen LogP contribution in [0.3, 0.4) is 0 Å². The van der Waals surface area contributed by atoms with E-state index in [1.165, 1.54) is 23.3 Å². The number of furan rings is 1. The fourth-order valence-corrected chi connectivity index (χ4v) is 5.40. The van der Waals surface area contributed by atoms with Gasteiger partial charge in [0.1, 0.15) is 15.5 Å². The standard InChI is InChI=1S/C24H22ClN3O2S/c1-13-9-10-14(12-16(13)25)27-23(29)22-21(26)20-19(18-8-5-11-30-18)15-6-3-2-4-7-17(15)28-24(20)31-22/h5,8-12H,2-4,6-7,26H2,1H3,(H,27,29). The molecule has 0 radical (unpaired) electrons. The van der Waals surface area contributed by atoms with Crippen LogP contribution in [-0.2, 0) is 12.8 Å². The maximum Gasteiger partial charge on any atom is 0.267 e. The molecule has 1 aromatic carbocycles. The zero-order chi connectivity index (χ0) is 21.5. The number of pyridine rings is 1. The van der Waals surface area contributed by atoms with Crippen LogP contribution in [-0.4, -0.2) is 10.9 Å². The first kappa shape index (κ1) is 20.1. The number of aromatic nitrogens is 1. The van der Waals surface area contributed by atoms with Gasteiger partial charge in [0.2, 0.25) is 0 Å². The molecule has 1 aliphatic carbocycles. The maximum atomic E-state index is 13.1. The highest BCUT2D eigenvalue weighted by Crippen LogP contribution is 2.43. The van der Waals surface area contributed by atoms with Crippen LogP contribution in [0.4, 0.5) is 11.4 Å². The summed E-state index contributed by atoms with van der Waals surface area (Å²) in [5.74, 6) is 0.508. The van der Waals surface area contributed by atoms with Crippen LogP contribution in [0.2, 0.25) is 5.02 Å². The third-order valence-electron chi connectivity index (χ3n) is 5.81. The number of thiophene rings is 1. The Kier molecular flexibility index (Phi) is 5.20. The average Bonchev–Trinajstić information content (AvgIpc) is 3.32. The lowest BCUT2D eigenvalue weighted by Crippen LogP contribution is -2.12. The van der Waals surface area contributed by atoms with Gasteiger partial charge in [-0.05, 0) is 68.0 Å². The number of nitrogens with zero attached hydrogens (tertiary/aromatic N) is 1. The molecule has 0 saturated heterocycles. The van der Waals surface area contributed by atoms with E-state index < -0.39 is 0 Å². The van der Waals surface area contributed by atoms with Crippen molar-refractivity contribution in [3.63, 3.8) is 0 Å². The summed E-state index contributed by atoms with van der Waals surface area (Å²) in [4.78, 5) is 19.3. The molecule has 5 rings (SSSR count). The Morgan fingerprint density at radius 1 is 1.23 bits per heavy atom. The van der Waals surface area contributed by atoms with Crippen molar-refractivity contribution in [2.24, 2.45) is 0 Å². The number of rotatable bonds is 3. The van der Waals surface area contributed by atoms with Crippen molar-refractivity contribution in [3.8, 4) is 11.3 Å². The quantitative estimate of drug-likeness (QED) is 0.343. The van der Waals surface area contributed by atoms with E-state index in [1.807, 2.05) is 31.2 Å². The lowest BCUT2D eigenvalue weighted by Gasteiger charge is -2.12. The van der Waals surface area contributed by atoms with Crippen LogP contribution in [0.15, 0.2) is 41.0 Å². The Bertz CT molecular complexity index is 1290. The Labute approximate surface area is 189 Å². The Hall–Kier alpha value is -2.83. The van der Waals surface area contributed by atoms with E-state index in [4.69, 9.17) is 26.7 Å². The number of aryl methyl sites for hydroxylation is 2. The van der Waals surface area contributed by atoms with Crippen molar-refractivity contribution in [2.75, 3.05) is 11.1 Å². The summed E-state index contributed by atoms with van der Waals surface area (Å²) in [5.41, 5.74) is 11.9. The summed E-state index contributed by atoms with van der Waals surface area (Å²) in [5, 5.41) is 4.33. The minimum Gasteiger partial charge on any atom is -0.464 e. The summed E-state index contributed by atoms with van der Waals surface area (Å²) >= 11 is 7.54. The topological polar surface area (TPSA) is 81.2 Å². The van der Waals surface area contributed by atoms with Gasteiger partial charge >= 0.3 is 0 Å². The molecule has 0 saturated carbocycles. The molecule has 4 aromatic rings. The first-order chi connectivity index (χ1) is 15.0. The van der Waals surface area contributed by atoms with Crippen LogP contribution >= 0.6 is 22.9 Å². The van der Waals surface area contributed by atoms with E-state index in [9.17, 15) is 4.79 Å². The van der Waals surface area contributed by atoms with Gasteiger partial charge < -0.3 is 15.5 Å². The van der Waals surface area contributed by atoms with Gasteiger partial charge in [-0.25, -0.2) is 4.98 Å². The number of carbonyl (C=O) groups is 1. The van der Waals surface area contributed by atoms with E-state index in [0.29, 0.717) is 21.3 Å². The number of hydrogen-bond acceptors (Lipinski definition) is 5. The summed E-state index contributed by atoms with van der Waals surface area (Å²) in [6.07, 6.45) is 6.95. The van der Waals surface area contributed by atoms with Gasteiger partial charge in [0.05, 0.1) is 12.0 Å². The second-order valence-corrected chi connectivity index (χ2v) is 9.30. The van der Waals surface area contributed by atoms with Gasteiger partial charge in [0.15, 0.2) is 0 Å². The molecule has 3 heterocycles. The van der Waals surface area contributed by atoms with Gasteiger partial charge in [-0.2, -0.15) is 0 Å². The van der Waals surface area contributed by atoms with Crippen LogP contribution in [0.25, 0.3) is 21.5 Å². The number of nitrogens with one attached hydrogen (secondary N) is 1. The largest absolute Gasteiger partial charge is 0.464 e. The van der Waals surface area contributed by atoms with E-state index in [0.717, 1.165) is 58.5 Å². The molecule has 0 bridgehead atoms. The molecular weight excluding hydrogens is 430 g/mol. The normalized spacial score (nSPS) is 13.7. The molecule has 1 amide bonds. The second-order valence-electron chi connectivity index (χ2n) is 7.89. The van der Waals surface area contributed by atoms with Gasteiger partial charge in [0.25, 0.3) is 5.91 Å². The van der Waals surface area contributed by atoms with Crippen molar-refractivity contribution in [1.82, 2.24) is 4.98 Å². The predicted molar refractivity (Wildman–Crippen MR) is 127 cm³/mol. The first-order valence-electron chi connectivity index (χ1n) is 10.4. The monoisotopic (exact) mass is 451 g/mol. The molecule has 0 aliphatic heterocycles. The molecule has 158 valence electrons. The van der Waals surface area contributed by atoms with Crippen molar-refractivity contribution in [2.45, 2.75) is 39.0 Å². The number of amides is 1. The maximum absolute atomic E-state index is 13.1. The number of benzene rings is 1. The number of fused-ring (bicyclic) bond motifs is 2. The number of nitrogens with two attached hydrogens (primary N) is 1. The second kappa shape index (κ2) is 8.02. The van der Waals surface area contributed by atoms with E-state index in [1.54, 1.807) is 12.3 Å². The van der Waals surface area contributed by atoms with Crippen molar-refractivity contribution in [1.29, 1.82) is 0 Å². The minimum atomic E-state index is -0.263. The number of anilines is 2. The summed E-state index contributed by atoms with van der Waals surface area (Å²) < 4.78 is 5.79. The Balaban J connectivity index is 1.64. The lowest BCUT2D eigenvalue weighted by atomic mass is 9.96. The molecular formula is C24H22ClN3O2S. The zero-order valence-electron chi connectivity index (χ0n) is 17.1. The number of carbonyl (C=O) groups excluding carboxylic acids is 1. The fourth-order valence-electron chi connectivity index (χ4n) is 4.20. The molecule has 1 aliphatic rings. The summed E-state index contributed by atoms with van der Waals surface area (Å²) in [6, 6.07) is 9.28. The first-order valence-corrected chi connectivity index (χ1v) is 11.6. The summed E-state index contributed by atoms with van der Waals surface area (Å²) in [7, 11) is 0. The molecule has 5 nitrogen and oxygen atoms in total. The molecule has 3 N–H and O–H groups in total. The minimum absolute atomic E-state index is 0.263. The number of halogens is 1. The highest BCUT2D eigenvalue weighted by atomic mass is 35.5. The van der Waals surface area contributed by atoms with Crippen molar-refractivity contribution < 1.29 is 9.21 Å². The van der Waals surface area contributed by atoms with E-state index in [-0.39, 0.29) is 5.91 Å².